The molecule has 6 nitrogen and oxygen atoms in total. The summed E-state index contributed by atoms with van der Waals surface area (Å²) in [6.07, 6.45) is 0.950. The van der Waals surface area contributed by atoms with E-state index < -0.39 is 11.8 Å². The van der Waals surface area contributed by atoms with E-state index >= 15 is 0 Å². The molecule has 0 atom stereocenters. The van der Waals surface area contributed by atoms with Gasteiger partial charge >= 0.3 is 0 Å². The van der Waals surface area contributed by atoms with Gasteiger partial charge in [0.05, 0.1) is 11.1 Å². The molecule has 0 unspecified atom stereocenters. The SMILES string of the molecule is Cc1ccccc1OCC(=O)NNC(=O)c1ccc(OCCC(C)C)c(Br)c1. The van der Waals surface area contributed by atoms with Crippen LogP contribution in [0.15, 0.2) is 46.9 Å². The predicted molar refractivity (Wildman–Crippen MR) is 111 cm³/mol. The molecule has 0 heterocycles. The number of halogens is 1. The minimum atomic E-state index is -0.454. The molecule has 2 aromatic carbocycles. The van der Waals surface area contributed by atoms with Gasteiger partial charge in [0.15, 0.2) is 6.61 Å². The first-order chi connectivity index (χ1) is 13.4. The van der Waals surface area contributed by atoms with Crippen molar-refractivity contribution in [1.29, 1.82) is 0 Å². The predicted octanol–water partition coefficient (Wildman–Crippen LogP) is 4.02. The molecular formula is C21H25BrN2O4. The molecule has 0 saturated heterocycles. The van der Waals surface area contributed by atoms with Gasteiger partial charge in [-0.3, -0.25) is 20.4 Å². The molecule has 2 N–H and O–H groups in total. The Morgan fingerprint density at radius 2 is 1.79 bits per heavy atom. The lowest BCUT2D eigenvalue weighted by molar-refractivity contribution is -0.123. The van der Waals surface area contributed by atoms with Crippen molar-refractivity contribution in [3.8, 4) is 11.5 Å². The highest BCUT2D eigenvalue weighted by Gasteiger charge is 2.11. The molecule has 0 aliphatic rings. The van der Waals surface area contributed by atoms with Crippen molar-refractivity contribution in [2.45, 2.75) is 27.2 Å². The second kappa shape index (κ2) is 10.7. The van der Waals surface area contributed by atoms with E-state index in [4.69, 9.17) is 9.47 Å². The van der Waals surface area contributed by atoms with Gasteiger partial charge in [-0.2, -0.15) is 0 Å². The first-order valence-electron chi connectivity index (χ1n) is 9.06. The highest BCUT2D eigenvalue weighted by Crippen LogP contribution is 2.26. The summed E-state index contributed by atoms with van der Waals surface area (Å²) in [5, 5.41) is 0. The molecule has 0 spiro atoms. The minimum absolute atomic E-state index is 0.197. The Kier molecular flexibility index (Phi) is 8.32. The van der Waals surface area contributed by atoms with Gasteiger partial charge in [0.25, 0.3) is 11.8 Å². The Morgan fingerprint density at radius 3 is 2.46 bits per heavy atom. The first kappa shape index (κ1) is 21.8. The summed E-state index contributed by atoms with van der Waals surface area (Å²) < 4.78 is 11.8. The first-order valence-corrected chi connectivity index (χ1v) is 9.86. The number of rotatable bonds is 8. The summed E-state index contributed by atoms with van der Waals surface area (Å²) in [7, 11) is 0. The van der Waals surface area contributed by atoms with Crippen molar-refractivity contribution in [1.82, 2.24) is 10.9 Å². The smallest absolute Gasteiger partial charge is 0.276 e. The summed E-state index contributed by atoms with van der Waals surface area (Å²) in [5.74, 6) is 0.971. The maximum absolute atomic E-state index is 12.2. The number of hydrogen-bond acceptors (Lipinski definition) is 4. The van der Waals surface area contributed by atoms with Gasteiger partial charge in [0.1, 0.15) is 11.5 Å². The topological polar surface area (TPSA) is 76.7 Å². The largest absolute Gasteiger partial charge is 0.492 e. The molecule has 0 bridgehead atoms. The number of ether oxygens (including phenoxy) is 2. The Morgan fingerprint density at radius 1 is 1.04 bits per heavy atom. The molecule has 0 fully saturated rings. The fourth-order valence-electron chi connectivity index (χ4n) is 2.26. The van der Waals surface area contributed by atoms with E-state index in [9.17, 15) is 9.59 Å². The van der Waals surface area contributed by atoms with Crippen LogP contribution in [0.25, 0.3) is 0 Å². The molecule has 7 heteroatoms. The number of nitrogens with one attached hydrogen (secondary N) is 2. The van der Waals surface area contributed by atoms with Crippen molar-refractivity contribution >= 4 is 27.7 Å². The molecule has 0 radical (unpaired) electrons. The number of amides is 2. The van der Waals surface area contributed by atoms with Crippen LogP contribution in [0.5, 0.6) is 11.5 Å². The van der Waals surface area contributed by atoms with Crippen LogP contribution in [0.2, 0.25) is 0 Å². The number of hydrogen-bond donors (Lipinski definition) is 2. The number of carbonyl (C=O) groups is 2. The van der Waals surface area contributed by atoms with E-state index in [-0.39, 0.29) is 6.61 Å². The summed E-state index contributed by atoms with van der Waals surface area (Å²) >= 11 is 3.41. The standard InChI is InChI=1S/C21H25BrN2O4/c1-14(2)10-11-27-19-9-8-16(12-17(19)22)21(26)24-23-20(25)13-28-18-7-5-4-6-15(18)3/h4-9,12,14H,10-11,13H2,1-3H3,(H,23,25)(H,24,26). The molecule has 2 aromatic rings. The van der Waals surface area contributed by atoms with Gasteiger partial charge in [-0.1, -0.05) is 32.0 Å². The number of hydrazine groups is 1. The summed E-state index contributed by atoms with van der Waals surface area (Å²) in [5.41, 5.74) is 6.04. The quantitative estimate of drug-likeness (QED) is 0.597. The molecule has 2 amide bonds. The third-order valence-corrected chi connectivity index (χ3v) is 4.53. The third kappa shape index (κ3) is 6.88. The summed E-state index contributed by atoms with van der Waals surface area (Å²) in [6, 6.07) is 12.4. The highest BCUT2D eigenvalue weighted by atomic mass is 79.9. The number of carbonyl (C=O) groups excluding carboxylic acids is 2. The molecule has 0 saturated carbocycles. The van der Waals surface area contributed by atoms with E-state index in [1.165, 1.54) is 0 Å². The number of benzene rings is 2. The molecular weight excluding hydrogens is 424 g/mol. The third-order valence-electron chi connectivity index (χ3n) is 3.91. The second-order valence-corrected chi connectivity index (χ2v) is 7.59. The van der Waals surface area contributed by atoms with Crippen LogP contribution in [-0.4, -0.2) is 25.0 Å². The maximum atomic E-state index is 12.2. The van der Waals surface area contributed by atoms with E-state index in [1.807, 2.05) is 25.1 Å². The van der Waals surface area contributed by atoms with Crippen LogP contribution >= 0.6 is 15.9 Å². The molecule has 28 heavy (non-hydrogen) atoms. The zero-order valence-corrected chi connectivity index (χ0v) is 17.8. The van der Waals surface area contributed by atoms with Crippen molar-refractivity contribution < 1.29 is 19.1 Å². The maximum Gasteiger partial charge on any atom is 0.276 e. The molecule has 150 valence electrons. The van der Waals surface area contributed by atoms with Crippen LogP contribution < -0.4 is 20.3 Å². The van der Waals surface area contributed by atoms with Gasteiger partial charge < -0.3 is 9.47 Å². The minimum Gasteiger partial charge on any atom is -0.492 e. The van der Waals surface area contributed by atoms with Crippen molar-refractivity contribution in [2.75, 3.05) is 13.2 Å². The van der Waals surface area contributed by atoms with E-state index in [0.29, 0.717) is 34.1 Å². The van der Waals surface area contributed by atoms with Crippen molar-refractivity contribution in [3.05, 3.63) is 58.1 Å². The zero-order valence-electron chi connectivity index (χ0n) is 16.3. The van der Waals surface area contributed by atoms with Crippen LogP contribution in [0.1, 0.15) is 36.2 Å². The number of aryl methyl sites for hydroxylation is 1. The molecule has 2 rings (SSSR count). The lowest BCUT2D eigenvalue weighted by Crippen LogP contribution is -2.43. The zero-order chi connectivity index (χ0) is 20.5. The molecule has 0 aliphatic carbocycles. The van der Waals surface area contributed by atoms with Gasteiger partial charge in [0, 0.05) is 5.56 Å². The van der Waals surface area contributed by atoms with E-state index in [0.717, 1.165) is 12.0 Å². The van der Waals surface area contributed by atoms with Crippen LogP contribution in [0, 0.1) is 12.8 Å². The van der Waals surface area contributed by atoms with Crippen LogP contribution in [0.3, 0.4) is 0 Å². The number of para-hydroxylation sites is 1. The summed E-state index contributed by atoms with van der Waals surface area (Å²) in [4.78, 5) is 24.1. The van der Waals surface area contributed by atoms with Crippen LogP contribution in [0.4, 0.5) is 0 Å². The normalized spacial score (nSPS) is 10.5. The molecule has 0 aromatic heterocycles. The van der Waals surface area contributed by atoms with Gasteiger partial charge in [-0.15, -0.1) is 0 Å². The van der Waals surface area contributed by atoms with E-state index in [2.05, 4.69) is 40.6 Å². The van der Waals surface area contributed by atoms with Gasteiger partial charge in [0.2, 0.25) is 0 Å². The Labute approximate surface area is 173 Å². The van der Waals surface area contributed by atoms with E-state index in [1.54, 1.807) is 24.3 Å². The fourth-order valence-corrected chi connectivity index (χ4v) is 2.75. The Balaban J connectivity index is 1.81. The van der Waals surface area contributed by atoms with Gasteiger partial charge in [-0.25, -0.2) is 0 Å². The van der Waals surface area contributed by atoms with Crippen LogP contribution in [-0.2, 0) is 4.79 Å². The Hall–Kier alpha value is -2.54. The molecule has 0 aliphatic heterocycles. The summed E-state index contributed by atoms with van der Waals surface area (Å²) in [6.45, 7) is 6.57. The average Bonchev–Trinajstić information content (AvgIpc) is 2.66. The average molecular weight is 449 g/mol. The Bertz CT molecular complexity index is 824. The lowest BCUT2D eigenvalue weighted by atomic mass is 10.1. The van der Waals surface area contributed by atoms with Crippen molar-refractivity contribution in [3.63, 3.8) is 0 Å². The fraction of sp³-hybridized carbons (Fsp3) is 0.333. The monoisotopic (exact) mass is 448 g/mol. The highest BCUT2D eigenvalue weighted by molar-refractivity contribution is 9.10. The second-order valence-electron chi connectivity index (χ2n) is 6.73. The van der Waals surface area contributed by atoms with Gasteiger partial charge in [-0.05, 0) is 65.0 Å². The van der Waals surface area contributed by atoms with Crippen molar-refractivity contribution in [2.24, 2.45) is 5.92 Å². The lowest BCUT2D eigenvalue weighted by Gasteiger charge is -2.12.